The summed E-state index contributed by atoms with van der Waals surface area (Å²) in [6.07, 6.45) is 3.32. The summed E-state index contributed by atoms with van der Waals surface area (Å²) in [5.74, 6) is 0. The van der Waals surface area contributed by atoms with E-state index in [-0.39, 0.29) is 16.7 Å². The molecule has 0 saturated heterocycles. The van der Waals surface area contributed by atoms with Crippen LogP contribution in [0.3, 0.4) is 0 Å². The molecule has 0 aliphatic carbocycles. The highest BCUT2D eigenvalue weighted by Gasteiger charge is 2.52. The second-order valence-corrected chi connectivity index (χ2v) is 20.7. The average molecular weight is 747 g/mol. The molecule has 0 saturated carbocycles. The van der Waals surface area contributed by atoms with Crippen molar-refractivity contribution in [2.75, 3.05) is 0 Å². The summed E-state index contributed by atoms with van der Waals surface area (Å²) in [5, 5.41) is 5.96. The van der Waals surface area contributed by atoms with Crippen LogP contribution in [0.5, 0.6) is 0 Å². The molecule has 0 aliphatic heterocycles. The van der Waals surface area contributed by atoms with E-state index in [1.54, 1.807) is 0 Å². The van der Waals surface area contributed by atoms with Crippen molar-refractivity contribution in [2.45, 2.75) is 99.8 Å². The molecule has 0 radical (unpaired) electrons. The molecule has 0 amide bonds. The third kappa shape index (κ3) is 8.68. The Morgan fingerprint density at radius 2 is 0.648 bits per heavy atom. The van der Waals surface area contributed by atoms with Gasteiger partial charge in [-0.1, -0.05) is 198 Å². The summed E-state index contributed by atoms with van der Waals surface area (Å²) < 4.78 is 0. The van der Waals surface area contributed by atoms with E-state index in [9.17, 15) is 0 Å². The van der Waals surface area contributed by atoms with E-state index < -0.39 is 15.8 Å². The summed E-state index contributed by atoms with van der Waals surface area (Å²) in [7, 11) is -1.72. The molecular formula is C52H60P2. The van der Waals surface area contributed by atoms with E-state index in [4.69, 9.17) is 0 Å². The van der Waals surface area contributed by atoms with E-state index in [1.807, 2.05) is 0 Å². The van der Waals surface area contributed by atoms with Crippen molar-refractivity contribution in [2.24, 2.45) is 5.41 Å². The third-order valence-corrected chi connectivity index (χ3v) is 17.1. The lowest BCUT2D eigenvalue weighted by molar-refractivity contribution is 0.226. The van der Waals surface area contributed by atoms with E-state index >= 15 is 0 Å². The van der Waals surface area contributed by atoms with Crippen molar-refractivity contribution in [3.8, 4) is 0 Å². The van der Waals surface area contributed by atoms with Gasteiger partial charge in [-0.25, -0.2) is 0 Å². The molecule has 0 spiro atoms. The molecule has 2 heteroatoms. The van der Waals surface area contributed by atoms with Gasteiger partial charge < -0.3 is 0 Å². The normalized spacial score (nSPS) is 13.9. The summed E-state index contributed by atoms with van der Waals surface area (Å²) >= 11 is 0. The minimum absolute atomic E-state index is 0.0978. The van der Waals surface area contributed by atoms with E-state index in [2.05, 4.69) is 203 Å². The number of hydrogen-bond donors (Lipinski definition) is 0. The van der Waals surface area contributed by atoms with Crippen molar-refractivity contribution >= 4 is 37.1 Å². The average Bonchev–Trinajstić information content (AvgIpc) is 3.11. The summed E-state index contributed by atoms with van der Waals surface area (Å²) in [6, 6.07) is 53.0. The Bertz CT molecular complexity index is 1850. The smallest absolute Gasteiger partial charge is 0.0188 e. The first-order chi connectivity index (χ1) is 25.9. The first-order valence-corrected chi connectivity index (χ1v) is 22.8. The van der Waals surface area contributed by atoms with Gasteiger partial charge in [0.15, 0.2) is 0 Å². The Morgan fingerprint density at radius 3 is 0.870 bits per heavy atom. The van der Waals surface area contributed by atoms with Gasteiger partial charge in [0.2, 0.25) is 0 Å². The van der Waals surface area contributed by atoms with Crippen LogP contribution in [0.4, 0.5) is 0 Å². The lowest BCUT2D eigenvalue weighted by Crippen LogP contribution is -2.39. The standard InChI is InChI=1S/C52H60P2/c1-11-23-52(12-2,50(44-19-15-13-16-20-44)53(46-28-36(3)24-37(4)29-46)47-30-38(5)25-39(6)31-47)51(45-21-17-14-18-22-45)54(48-32-40(7)26-41(8)33-48)49-34-42(9)27-43(10)35-49/h13-22,24-35,50-51H,11-12,23H2,1-10H3. The van der Waals surface area contributed by atoms with Crippen molar-refractivity contribution in [3.05, 3.63) is 189 Å². The summed E-state index contributed by atoms with van der Waals surface area (Å²) in [4.78, 5) is 0. The van der Waals surface area contributed by atoms with Crippen LogP contribution in [0.1, 0.15) is 100 Å². The molecule has 0 aromatic heterocycles. The minimum Gasteiger partial charge on any atom is -0.0654 e. The molecule has 2 unspecified atom stereocenters. The molecule has 0 heterocycles. The van der Waals surface area contributed by atoms with Crippen LogP contribution in [-0.4, -0.2) is 0 Å². The molecule has 2 atom stereocenters. The highest BCUT2D eigenvalue weighted by molar-refractivity contribution is 7.74. The maximum atomic E-state index is 2.52. The molecule has 0 N–H and O–H groups in total. The van der Waals surface area contributed by atoms with Crippen LogP contribution in [-0.2, 0) is 0 Å². The highest BCUT2D eigenvalue weighted by atomic mass is 31.1. The molecule has 6 aromatic carbocycles. The number of rotatable bonds is 13. The van der Waals surface area contributed by atoms with Gasteiger partial charge in [0, 0.05) is 11.3 Å². The largest absolute Gasteiger partial charge is 0.0654 e. The number of hydrogen-bond acceptors (Lipinski definition) is 0. The maximum absolute atomic E-state index is 2.52. The van der Waals surface area contributed by atoms with Gasteiger partial charge in [0.05, 0.1) is 0 Å². The van der Waals surface area contributed by atoms with Gasteiger partial charge in [-0.05, 0) is 122 Å². The van der Waals surface area contributed by atoms with Crippen LogP contribution in [0.2, 0.25) is 0 Å². The molecule has 54 heavy (non-hydrogen) atoms. The van der Waals surface area contributed by atoms with Crippen LogP contribution in [0.15, 0.2) is 133 Å². The second-order valence-electron chi connectivity index (χ2n) is 16.1. The van der Waals surface area contributed by atoms with Gasteiger partial charge in [-0.2, -0.15) is 0 Å². The van der Waals surface area contributed by atoms with Gasteiger partial charge in [-0.15, -0.1) is 0 Å². The fourth-order valence-electron chi connectivity index (χ4n) is 9.45. The number of benzene rings is 6. The van der Waals surface area contributed by atoms with E-state index in [1.165, 1.54) is 76.9 Å². The van der Waals surface area contributed by atoms with Gasteiger partial charge in [0.1, 0.15) is 0 Å². The van der Waals surface area contributed by atoms with Crippen molar-refractivity contribution in [1.29, 1.82) is 0 Å². The Hall–Kier alpha value is -3.82. The SMILES string of the molecule is CCCC(CC)(C(c1ccccc1)P(c1cc(C)cc(C)c1)c1cc(C)cc(C)c1)C(c1ccccc1)P(c1cc(C)cc(C)c1)c1cc(C)cc(C)c1. The topological polar surface area (TPSA) is 0 Å². The monoisotopic (exact) mass is 746 g/mol. The molecule has 0 fully saturated rings. The van der Waals surface area contributed by atoms with Crippen LogP contribution in [0.25, 0.3) is 0 Å². The van der Waals surface area contributed by atoms with E-state index in [0.29, 0.717) is 0 Å². The molecule has 278 valence electrons. The first kappa shape index (κ1) is 39.9. The van der Waals surface area contributed by atoms with Crippen LogP contribution < -0.4 is 21.2 Å². The molecule has 0 bridgehead atoms. The maximum Gasteiger partial charge on any atom is 0.0188 e. The fraction of sp³-hybridized carbons (Fsp3) is 0.308. The van der Waals surface area contributed by atoms with Crippen LogP contribution in [0, 0.1) is 60.8 Å². The lowest BCUT2D eigenvalue weighted by atomic mass is 9.70. The zero-order valence-corrected chi connectivity index (χ0v) is 36.2. The highest BCUT2D eigenvalue weighted by Crippen LogP contribution is 2.72. The Labute approximate surface area is 330 Å². The van der Waals surface area contributed by atoms with Crippen LogP contribution >= 0.6 is 15.8 Å². The third-order valence-electron chi connectivity index (χ3n) is 11.1. The first-order valence-electron chi connectivity index (χ1n) is 19.9. The van der Waals surface area contributed by atoms with Gasteiger partial charge in [-0.3, -0.25) is 0 Å². The summed E-state index contributed by atoms with van der Waals surface area (Å²) in [5.41, 5.74) is 14.1. The zero-order chi connectivity index (χ0) is 38.6. The minimum atomic E-state index is -0.861. The quantitative estimate of drug-likeness (QED) is 0.103. The zero-order valence-electron chi connectivity index (χ0n) is 34.4. The molecule has 6 rings (SSSR count). The fourth-order valence-corrected chi connectivity index (χ4v) is 17.0. The molecule has 6 aromatic rings. The van der Waals surface area contributed by atoms with Crippen molar-refractivity contribution in [1.82, 2.24) is 0 Å². The predicted octanol–water partition coefficient (Wildman–Crippen LogP) is 13.4. The predicted molar refractivity (Wildman–Crippen MR) is 242 cm³/mol. The van der Waals surface area contributed by atoms with Crippen molar-refractivity contribution in [3.63, 3.8) is 0 Å². The lowest BCUT2D eigenvalue weighted by Gasteiger charge is -2.53. The Kier molecular flexibility index (Phi) is 12.8. The Balaban J connectivity index is 1.80. The van der Waals surface area contributed by atoms with Gasteiger partial charge in [0.25, 0.3) is 0 Å². The second kappa shape index (κ2) is 17.3. The summed E-state index contributed by atoms with van der Waals surface area (Å²) in [6.45, 7) is 23.2. The number of aryl methyl sites for hydroxylation is 8. The Morgan fingerprint density at radius 1 is 0.389 bits per heavy atom. The van der Waals surface area contributed by atoms with E-state index in [0.717, 1.165) is 19.3 Å². The van der Waals surface area contributed by atoms with Gasteiger partial charge >= 0.3 is 0 Å². The molecular weight excluding hydrogens is 687 g/mol. The van der Waals surface area contributed by atoms with Crippen molar-refractivity contribution < 1.29 is 0 Å². The molecule has 0 nitrogen and oxygen atoms in total. The molecule has 0 aliphatic rings.